The Morgan fingerprint density at radius 2 is 2.11 bits per heavy atom. The molecule has 0 radical (unpaired) electrons. The SMILES string of the molecule is COc1ccccc1Nc1cc(C(=O)O)cc(Cl)n1. The second-order valence-corrected chi connectivity index (χ2v) is 4.08. The lowest BCUT2D eigenvalue weighted by Crippen LogP contribution is -2.01. The number of aromatic carboxylic acids is 1. The van der Waals surface area contributed by atoms with Crippen molar-refractivity contribution in [3.05, 3.63) is 47.1 Å². The third kappa shape index (κ3) is 3.14. The minimum absolute atomic E-state index is 0.0670. The molecule has 0 amide bonds. The van der Waals surface area contributed by atoms with E-state index in [9.17, 15) is 4.79 Å². The molecule has 19 heavy (non-hydrogen) atoms. The number of pyridine rings is 1. The normalized spacial score (nSPS) is 10.0. The van der Waals surface area contributed by atoms with Gasteiger partial charge in [-0.05, 0) is 24.3 Å². The quantitative estimate of drug-likeness (QED) is 0.841. The van der Waals surface area contributed by atoms with Crippen LogP contribution in [-0.4, -0.2) is 23.2 Å². The molecule has 0 aliphatic carbocycles. The Labute approximate surface area is 114 Å². The molecule has 0 atom stereocenters. The minimum Gasteiger partial charge on any atom is -0.495 e. The summed E-state index contributed by atoms with van der Waals surface area (Å²) in [6.45, 7) is 0. The molecule has 5 nitrogen and oxygen atoms in total. The van der Waals surface area contributed by atoms with Crippen LogP contribution in [0.4, 0.5) is 11.5 Å². The first kappa shape index (κ1) is 13.2. The topological polar surface area (TPSA) is 71.5 Å². The monoisotopic (exact) mass is 278 g/mol. The van der Waals surface area contributed by atoms with Crippen LogP contribution in [0.2, 0.25) is 5.15 Å². The molecule has 0 aliphatic heterocycles. The van der Waals surface area contributed by atoms with Crippen LogP contribution in [0.1, 0.15) is 10.4 Å². The van der Waals surface area contributed by atoms with Crippen LogP contribution in [0.5, 0.6) is 5.75 Å². The van der Waals surface area contributed by atoms with Crippen LogP contribution < -0.4 is 10.1 Å². The zero-order chi connectivity index (χ0) is 13.8. The molecule has 0 fully saturated rings. The highest BCUT2D eigenvalue weighted by molar-refractivity contribution is 6.29. The van der Waals surface area contributed by atoms with Gasteiger partial charge in [0.05, 0.1) is 18.4 Å². The molecule has 0 saturated heterocycles. The maximum atomic E-state index is 10.9. The smallest absolute Gasteiger partial charge is 0.335 e. The molecule has 1 aromatic heterocycles. The van der Waals surface area contributed by atoms with Gasteiger partial charge in [0.25, 0.3) is 0 Å². The summed E-state index contributed by atoms with van der Waals surface area (Å²) in [6.07, 6.45) is 0. The Hall–Kier alpha value is -2.27. The number of rotatable bonds is 4. The first-order valence-corrected chi connectivity index (χ1v) is 5.79. The zero-order valence-corrected chi connectivity index (χ0v) is 10.8. The average Bonchev–Trinajstić information content (AvgIpc) is 2.38. The minimum atomic E-state index is -1.06. The molecular weight excluding hydrogens is 268 g/mol. The maximum absolute atomic E-state index is 10.9. The summed E-state index contributed by atoms with van der Waals surface area (Å²) in [7, 11) is 1.55. The Kier molecular flexibility index (Phi) is 3.87. The largest absolute Gasteiger partial charge is 0.495 e. The van der Waals surface area contributed by atoms with Crippen LogP contribution in [0.15, 0.2) is 36.4 Å². The van der Waals surface area contributed by atoms with Crippen molar-refractivity contribution >= 4 is 29.1 Å². The predicted octanol–water partition coefficient (Wildman–Crippen LogP) is 3.19. The zero-order valence-electron chi connectivity index (χ0n) is 10.1. The van der Waals surface area contributed by atoms with Gasteiger partial charge >= 0.3 is 5.97 Å². The van der Waals surface area contributed by atoms with Crippen molar-refractivity contribution in [3.63, 3.8) is 0 Å². The standard InChI is InChI=1S/C13H11ClN2O3/c1-19-10-5-3-2-4-9(10)15-12-7-8(13(17)18)6-11(14)16-12/h2-7H,1H3,(H,15,16)(H,17,18). The third-order valence-corrected chi connectivity index (χ3v) is 2.60. The lowest BCUT2D eigenvalue weighted by molar-refractivity contribution is 0.0697. The summed E-state index contributed by atoms with van der Waals surface area (Å²) < 4.78 is 5.19. The van der Waals surface area contributed by atoms with E-state index >= 15 is 0 Å². The van der Waals surface area contributed by atoms with Gasteiger partial charge in [0.1, 0.15) is 16.7 Å². The Morgan fingerprint density at radius 3 is 2.79 bits per heavy atom. The fourth-order valence-electron chi connectivity index (χ4n) is 1.57. The first-order valence-electron chi connectivity index (χ1n) is 5.41. The molecule has 2 rings (SSSR count). The lowest BCUT2D eigenvalue weighted by Gasteiger charge is -2.10. The molecule has 1 aromatic carbocycles. The molecule has 6 heteroatoms. The number of hydrogen-bond acceptors (Lipinski definition) is 4. The summed E-state index contributed by atoms with van der Waals surface area (Å²) in [5.74, 6) is -0.0945. The maximum Gasteiger partial charge on any atom is 0.335 e. The molecule has 0 unspecified atom stereocenters. The van der Waals surface area contributed by atoms with Gasteiger partial charge in [-0.1, -0.05) is 23.7 Å². The fraction of sp³-hybridized carbons (Fsp3) is 0.0769. The highest BCUT2D eigenvalue weighted by Crippen LogP contribution is 2.27. The van der Waals surface area contributed by atoms with Crippen LogP contribution in [0, 0.1) is 0 Å². The second-order valence-electron chi connectivity index (χ2n) is 3.69. The second kappa shape index (κ2) is 5.58. The van der Waals surface area contributed by atoms with Gasteiger partial charge < -0.3 is 15.2 Å². The van der Waals surface area contributed by atoms with E-state index in [0.29, 0.717) is 17.3 Å². The number of para-hydroxylation sites is 2. The molecule has 98 valence electrons. The number of carboxylic acids is 1. The van der Waals surface area contributed by atoms with E-state index in [1.807, 2.05) is 12.1 Å². The number of benzene rings is 1. The summed E-state index contributed by atoms with van der Waals surface area (Å²) in [4.78, 5) is 15.0. The van der Waals surface area contributed by atoms with Gasteiger partial charge in [-0.15, -0.1) is 0 Å². The summed E-state index contributed by atoms with van der Waals surface area (Å²) >= 11 is 5.79. The summed E-state index contributed by atoms with van der Waals surface area (Å²) in [5.41, 5.74) is 0.744. The van der Waals surface area contributed by atoms with Gasteiger partial charge in [0, 0.05) is 0 Å². The number of methoxy groups -OCH3 is 1. The van der Waals surface area contributed by atoms with E-state index < -0.39 is 5.97 Å². The number of carboxylic acid groups (broad SMARTS) is 1. The highest BCUT2D eigenvalue weighted by Gasteiger charge is 2.09. The lowest BCUT2D eigenvalue weighted by atomic mass is 10.2. The van der Waals surface area contributed by atoms with E-state index in [1.165, 1.54) is 12.1 Å². The molecule has 1 heterocycles. The van der Waals surface area contributed by atoms with Crippen LogP contribution in [-0.2, 0) is 0 Å². The van der Waals surface area contributed by atoms with Gasteiger partial charge in [-0.25, -0.2) is 9.78 Å². The van der Waals surface area contributed by atoms with E-state index in [2.05, 4.69) is 10.3 Å². The van der Waals surface area contributed by atoms with Gasteiger partial charge in [0.15, 0.2) is 0 Å². The van der Waals surface area contributed by atoms with Crippen molar-refractivity contribution in [2.75, 3.05) is 12.4 Å². The number of halogens is 1. The van der Waals surface area contributed by atoms with Crippen LogP contribution in [0.3, 0.4) is 0 Å². The van der Waals surface area contributed by atoms with E-state index in [4.69, 9.17) is 21.4 Å². The van der Waals surface area contributed by atoms with Gasteiger partial charge in [-0.3, -0.25) is 0 Å². The molecule has 0 spiro atoms. The van der Waals surface area contributed by atoms with Gasteiger partial charge in [-0.2, -0.15) is 0 Å². The molecule has 0 saturated carbocycles. The Balaban J connectivity index is 2.35. The number of anilines is 2. The highest BCUT2D eigenvalue weighted by atomic mass is 35.5. The van der Waals surface area contributed by atoms with E-state index in [1.54, 1.807) is 19.2 Å². The predicted molar refractivity (Wildman–Crippen MR) is 72.5 cm³/mol. The van der Waals surface area contributed by atoms with Crippen molar-refractivity contribution in [1.29, 1.82) is 0 Å². The summed E-state index contributed by atoms with van der Waals surface area (Å²) in [5, 5.41) is 12.0. The number of carbonyl (C=O) groups is 1. The van der Waals surface area contributed by atoms with Crippen molar-refractivity contribution < 1.29 is 14.6 Å². The number of aromatic nitrogens is 1. The van der Waals surface area contributed by atoms with E-state index in [0.717, 1.165) is 0 Å². The number of nitrogens with one attached hydrogen (secondary N) is 1. The Bertz CT molecular complexity index is 617. The van der Waals surface area contributed by atoms with Crippen molar-refractivity contribution in [2.45, 2.75) is 0 Å². The number of ether oxygens (including phenoxy) is 1. The van der Waals surface area contributed by atoms with Crippen molar-refractivity contribution in [2.24, 2.45) is 0 Å². The van der Waals surface area contributed by atoms with Gasteiger partial charge in [0.2, 0.25) is 0 Å². The number of nitrogens with zero attached hydrogens (tertiary/aromatic N) is 1. The molecule has 2 N–H and O–H groups in total. The third-order valence-electron chi connectivity index (χ3n) is 2.41. The molecule has 0 aliphatic rings. The van der Waals surface area contributed by atoms with Crippen LogP contribution in [0.25, 0.3) is 0 Å². The molecular formula is C13H11ClN2O3. The average molecular weight is 279 g/mol. The molecule has 0 bridgehead atoms. The number of hydrogen-bond donors (Lipinski definition) is 2. The van der Waals surface area contributed by atoms with Crippen molar-refractivity contribution in [1.82, 2.24) is 4.98 Å². The van der Waals surface area contributed by atoms with E-state index in [-0.39, 0.29) is 10.7 Å². The fourth-order valence-corrected chi connectivity index (χ4v) is 1.78. The molecule has 2 aromatic rings. The summed E-state index contributed by atoms with van der Waals surface area (Å²) in [6, 6.07) is 9.93. The first-order chi connectivity index (χ1) is 9.10. The Morgan fingerprint density at radius 1 is 1.37 bits per heavy atom. The van der Waals surface area contributed by atoms with Crippen LogP contribution >= 0.6 is 11.6 Å². The van der Waals surface area contributed by atoms with Crippen molar-refractivity contribution in [3.8, 4) is 5.75 Å².